The van der Waals surface area contributed by atoms with Crippen molar-refractivity contribution in [3.05, 3.63) is 0 Å². The van der Waals surface area contributed by atoms with Crippen LogP contribution < -0.4 is 16.0 Å². The van der Waals surface area contributed by atoms with E-state index in [0.29, 0.717) is 26.1 Å². The number of amides is 2. The molecule has 0 aliphatic carbocycles. The molecule has 0 bridgehead atoms. The first-order chi connectivity index (χ1) is 9.04. The number of rotatable bonds is 6. The Kier molecular flexibility index (Phi) is 9.54. The Balaban J connectivity index is 0.00000361. The van der Waals surface area contributed by atoms with Crippen molar-refractivity contribution in [3.8, 4) is 0 Å². The predicted octanol–water partition coefficient (Wildman–Crippen LogP) is 0.206. The van der Waals surface area contributed by atoms with Crippen LogP contribution >= 0.6 is 12.4 Å². The molecule has 6 nitrogen and oxygen atoms in total. The topological polar surface area (TPSA) is 79.5 Å². The predicted molar refractivity (Wildman–Crippen MR) is 80.0 cm³/mol. The van der Waals surface area contributed by atoms with Crippen molar-refractivity contribution >= 4 is 24.2 Å². The largest absolute Gasteiger partial charge is 0.375 e. The van der Waals surface area contributed by atoms with Crippen LogP contribution in [0, 0.1) is 0 Å². The molecule has 0 aromatic heterocycles. The minimum atomic E-state index is -0.327. The van der Waals surface area contributed by atoms with Crippen LogP contribution in [-0.2, 0) is 14.3 Å². The molecule has 1 saturated heterocycles. The van der Waals surface area contributed by atoms with Crippen molar-refractivity contribution in [2.75, 3.05) is 19.7 Å². The highest BCUT2D eigenvalue weighted by molar-refractivity contribution is 5.85. The van der Waals surface area contributed by atoms with Gasteiger partial charge in [-0.3, -0.25) is 9.59 Å². The van der Waals surface area contributed by atoms with Crippen LogP contribution in [0.5, 0.6) is 0 Å². The smallest absolute Gasteiger partial charge is 0.239 e. The van der Waals surface area contributed by atoms with Gasteiger partial charge < -0.3 is 20.7 Å². The molecule has 3 atom stereocenters. The average Bonchev–Trinajstić information content (AvgIpc) is 2.38. The van der Waals surface area contributed by atoms with Gasteiger partial charge in [0.05, 0.1) is 12.7 Å². The van der Waals surface area contributed by atoms with Crippen molar-refractivity contribution in [2.45, 2.75) is 51.8 Å². The summed E-state index contributed by atoms with van der Waals surface area (Å²) in [5.41, 5.74) is 0. The van der Waals surface area contributed by atoms with Gasteiger partial charge in [0, 0.05) is 25.6 Å². The zero-order chi connectivity index (χ0) is 14.3. The number of halogens is 1. The van der Waals surface area contributed by atoms with E-state index in [1.54, 1.807) is 0 Å². The lowest BCUT2D eigenvalue weighted by Crippen LogP contribution is -2.55. The van der Waals surface area contributed by atoms with E-state index in [2.05, 4.69) is 16.0 Å². The van der Waals surface area contributed by atoms with Gasteiger partial charge >= 0.3 is 0 Å². The molecule has 0 aromatic carbocycles. The quantitative estimate of drug-likeness (QED) is 0.655. The highest BCUT2D eigenvalue weighted by Gasteiger charge is 2.27. The zero-order valence-corrected chi connectivity index (χ0v) is 13.2. The summed E-state index contributed by atoms with van der Waals surface area (Å²) >= 11 is 0. The Morgan fingerprint density at radius 1 is 1.45 bits per heavy atom. The molecule has 3 N–H and O–H groups in total. The molecule has 1 aliphatic rings. The van der Waals surface area contributed by atoms with Crippen LogP contribution in [0.2, 0.25) is 0 Å². The summed E-state index contributed by atoms with van der Waals surface area (Å²) in [4.78, 5) is 23.4. The number of morpholine rings is 1. The van der Waals surface area contributed by atoms with E-state index >= 15 is 0 Å². The fourth-order valence-electron chi connectivity index (χ4n) is 1.89. The standard InChI is InChI=1S/C13H25N3O3.ClH/c1-4-9(2)16-11(17)5-6-15-13(18)12-10(3)19-8-7-14-12;/h9-10,12,14H,4-8H2,1-3H3,(H,15,18)(H,16,17);1H/t9?,10-,12+;/m1./s1. The first kappa shape index (κ1) is 19.1. The van der Waals surface area contributed by atoms with Gasteiger partial charge in [-0.1, -0.05) is 6.92 Å². The number of hydrogen-bond acceptors (Lipinski definition) is 4. The Labute approximate surface area is 126 Å². The molecule has 0 aromatic rings. The molecule has 2 amide bonds. The summed E-state index contributed by atoms with van der Waals surface area (Å²) in [6, 6.07) is -0.150. The molecule has 118 valence electrons. The molecule has 0 radical (unpaired) electrons. The van der Waals surface area contributed by atoms with Crippen molar-refractivity contribution in [2.24, 2.45) is 0 Å². The number of carbonyl (C=O) groups excluding carboxylic acids is 2. The highest BCUT2D eigenvalue weighted by atomic mass is 35.5. The molecule has 1 fully saturated rings. The number of nitrogens with one attached hydrogen (secondary N) is 3. The van der Waals surface area contributed by atoms with Crippen LogP contribution in [-0.4, -0.2) is 49.7 Å². The highest BCUT2D eigenvalue weighted by Crippen LogP contribution is 2.03. The van der Waals surface area contributed by atoms with Crippen LogP contribution in [0.3, 0.4) is 0 Å². The van der Waals surface area contributed by atoms with E-state index in [9.17, 15) is 9.59 Å². The zero-order valence-electron chi connectivity index (χ0n) is 12.4. The van der Waals surface area contributed by atoms with Crippen LogP contribution in [0.4, 0.5) is 0 Å². The lowest BCUT2D eigenvalue weighted by Gasteiger charge is -2.29. The maximum Gasteiger partial charge on any atom is 0.239 e. The summed E-state index contributed by atoms with van der Waals surface area (Å²) in [5, 5.41) is 8.73. The number of ether oxygens (including phenoxy) is 1. The molecular weight excluding hydrogens is 282 g/mol. The van der Waals surface area contributed by atoms with Crippen LogP contribution in [0.15, 0.2) is 0 Å². The van der Waals surface area contributed by atoms with Gasteiger partial charge in [0.25, 0.3) is 0 Å². The summed E-state index contributed by atoms with van der Waals surface area (Å²) in [5.74, 6) is -0.140. The molecule has 0 saturated carbocycles. The van der Waals surface area contributed by atoms with Gasteiger partial charge in [0.1, 0.15) is 6.04 Å². The monoisotopic (exact) mass is 307 g/mol. The molecule has 1 heterocycles. The maximum atomic E-state index is 11.9. The summed E-state index contributed by atoms with van der Waals surface area (Å²) in [6.45, 7) is 7.50. The summed E-state index contributed by atoms with van der Waals surface area (Å²) in [7, 11) is 0. The molecule has 1 unspecified atom stereocenters. The minimum absolute atomic E-state index is 0. The third-order valence-corrected chi connectivity index (χ3v) is 3.27. The van der Waals surface area contributed by atoms with E-state index in [4.69, 9.17) is 4.74 Å². The molecule has 1 aliphatic heterocycles. The van der Waals surface area contributed by atoms with Crippen molar-refractivity contribution < 1.29 is 14.3 Å². The Morgan fingerprint density at radius 2 is 2.15 bits per heavy atom. The van der Waals surface area contributed by atoms with E-state index in [0.717, 1.165) is 6.42 Å². The fraction of sp³-hybridized carbons (Fsp3) is 0.846. The minimum Gasteiger partial charge on any atom is -0.375 e. The Bertz CT molecular complexity index is 315. The van der Waals surface area contributed by atoms with Gasteiger partial charge in [0.15, 0.2) is 0 Å². The molecular formula is C13H26ClN3O3. The second kappa shape index (κ2) is 9.96. The van der Waals surface area contributed by atoms with Gasteiger partial charge in [-0.25, -0.2) is 0 Å². The van der Waals surface area contributed by atoms with Gasteiger partial charge in [0.2, 0.25) is 11.8 Å². The summed E-state index contributed by atoms with van der Waals surface area (Å²) in [6.07, 6.45) is 1.07. The van der Waals surface area contributed by atoms with Crippen molar-refractivity contribution in [3.63, 3.8) is 0 Å². The maximum absolute atomic E-state index is 11.9. The van der Waals surface area contributed by atoms with E-state index < -0.39 is 0 Å². The van der Waals surface area contributed by atoms with Crippen LogP contribution in [0.1, 0.15) is 33.6 Å². The van der Waals surface area contributed by atoms with E-state index in [-0.39, 0.29) is 42.4 Å². The van der Waals surface area contributed by atoms with E-state index in [1.807, 2.05) is 20.8 Å². The van der Waals surface area contributed by atoms with Gasteiger partial charge in [-0.2, -0.15) is 0 Å². The fourth-order valence-corrected chi connectivity index (χ4v) is 1.89. The Morgan fingerprint density at radius 3 is 2.75 bits per heavy atom. The first-order valence-electron chi connectivity index (χ1n) is 6.96. The third-order valence-electron chi connectivity index (χ3n) is 3.27. The van der Waals surface area contributed by atoms with Gasteiger partial charge in [-0.05, 0) is 20.3 Å². The van der Waals surface area contributed by atoms with Crippen molar-refractivity contribution in [1.82, 2.24) is 16.0 Å². The number of hydrogen-bond donors (Lipinski definition) is 3. The van der Waals surface area contributed by atoms with Crippen LogP contribution in [0.25, 0.3) is 0 Å². The number of carbonyl (C=O) groups is 2. The molecule has 0 spiro atoms. The second-order valence-corrected chi connectivity index (χ2v) is 4.93. The second-order valence-electron chi connectivity index (χ2n) is 4.93. The lowest BCUT2D eigenvalue weighted by molar-refractivity contribution is -0.129. The normalized spacial score (nSPS) is 23.4. The SMILES string of the molecule is CCC(C)NC(=O)CCNC(=O)[C@H]1NCCO[C@@H]1C.Cl. The lowest BCUT2D eigenvalue weighted by atomic mass is 10.1. The average molecular weight is 308 g/mol. The molecule has 7 heteroatoms. The third kappa shape index (κ3) is 6.54. The summed E-state index contributed by atoms with van der Waals surface area (Å²) < 4.78 is 5.40. The molecule has 1 rings (SSSR count). The van der Waals surface area contributed by atoms with Crippen molar-refractivity contribution in [1.29, 1.82) is 0 Å². The van der Waals surface area contributed by atoms with E-state index in [1.165, 1.54) is 0 Å². The Hall–Kier alpha value is -0.850. The first-order valence-corrected chi connectivity index (χ1v) is 6.96. The molecule has 20 heavy (non-hydrogen) atoms. The van der Waals surface area contributed by atoms with Gasteiger partial charge in [-0.15, -0.1) is 12.4 Å².